The number of hydrogen-bond acceptors (Lipinski definition) is 5. The van der Waals surface area contributed by atoms with Crippen molar-refractivity contribution in [3.8, 4) is 11.8 Å². The minimum absolute atomic E-state index is 0.0190. The summed E-state index contributed by atoms with van der Waals surface area (Å²) in [6.45, 7) is 0.434. The van der Waals surface area contributed by atoms with Crippen LogP contribution in [0.25, 0.3) is 0 Å². The van der Waals surface area contributed by atoms with Crippen molar-refractivity contribution in [1.29, 1.82) is 5.26 Å². The van der Waals surface area contributed by atoms with E-state index in [2.05, 4.69) is 0 Å². The number of nitriles is 1. The largest absolute Gasteiger partial charge is 0.485 e. The SMILES string of the molecule is N#Cc1cccc(OCCN)c1[N+](=O)[O-]. The number of para-hydroxylation sites is 1. The van der Waals surface area contributed by atoms with Gasteiger partial charge in [0.25, 0.3) is 0 Å². The average Bonchev–Trinajstić information content (AvgIpc) is 2.25. The molecule has 0 aliphatic rings. The van der Waals surface area contributed by atoms with Crippen LogP contribution in [0.5, 0.6) is 5.75 Å². The Hall–Kier alpha value is -2.13. The number of hydrogen-bond donors (Lipinski definition) is 1. The number of nitro groups is 1. The molecular weight excluding hydrogens is 198 g/mol. The highest BCUT2D eigenvalue weighted by molar-refractivity contribution is 5.57. The lowest BCUT2D eigenvalue weighted by atomic mass is 10.2. The average molecular weight is 207 g/mol. The number of rotatable bonds is 4. The molecule has 6 heteroatoms. The van der Waals surface area contributed by atoms with Crippen LogP contribution in [-0.2, 0) is 0 Å². The summed E-state index contributed by atoms with van der Waals surface area (Å²) >= 11 is 0. The molecule has 1 aromatic rings. The zero-order valence-corrected chi connectivity index (χ0v) is 7.84. The molecule has 0 saturated carbocycles. The van der Waals surface area contributed by atoms with Crippen LogP contribution in [0.4, 0.5) is 5.69 Å². The molecule has 1 rings (SSSR count). The summed E-state index contributed by atoms with van der Waals surface area (Å²) in [5.41, 5.74) is 4.88. The van der Waals surface area contributed by atoms with Gasteiger partial charge in [0.05, 0.1) is 4.92 Å². The molecule has 78 valence electrons. The summed E-state index contributed by atoms with van der Waals surface area (Å²) in [6.07, 6.45) is 0. The fourth-order valence-electron chi connectivity index (χ4n) is 1.09. The van der Waals surface area contributed by atoms with Gasteiger partial charge >= 0.3 is 5.69 Å². The number of nitrogens with two attached hydrogens (primary N) is 1. The molecule has 0 radical (unpaired) electrons. The van der Waals surface area contributed by atoms with E-state index in [1.54, 1.807) is 6.07 Å². The van der Waals surface area contributed by atoms with Crippen LogP contribution in [0.1, 0.15) is 5.56 Å². The van der Waals surface area contributed by atoms with Gasteiger partial charge in [-0.3, -0.25) is 10.1 Å². The van der Waals surface area contributed by atoms with Crippen molar-refractivity contribution in [1.82, 2.24) is 0 Å². The zero-order chi connectivity index (χ0) is 11.3. The van der Waals surface area contributed by atoms with E-state index in [9.17, 15) is 10.1 Å². The molecule has 0 aliphatic heterocycles. The number of nitro benzene ring substituents is 1. The summed E-state index contributed by atoms with van der Waals surface area (Å²) in [5.74, 6) is 0.0736. The predicted molar refractivity (Wildman–Crippen MR) is 52.4 cm³/mol. The Morgan fingerprint density at radius 1 is 1.60 bits per heavy atom. The number of benzene rings is 1. The van der Waals surface area contributed by atoms with Crippen molar-refractivity contribution in [2.45, 2.75) is 0 Å². The van der Waals surface area contributed by atoms with Gasteiger partial charge in [0.1, 0.15) is 18.2 Å². The van der Waals surface area contributed by atoms with Crippen LogP contribution in [0.3, 0.4) is 0 Å². The number of ether oxygens (including phenoxy) is 1. The number of nitrogens with zero attached hydrogens (tertiary/aromatic N) is 2. The Kier molecular flexibility index (Phi) is 3.60. The van der Waals surface area contributed by atoms with Crippen LogP contribution in [-0.4, -0.2) is 18.1 Å². The monoisotopic (exact) mass is 207 g/mol. The summed E-state index contributed by atoms with van der Waals surface area (Å²) in [6, 6.07) is 6.07. The Bertz CT molecular complexity index is 412. The molecule has 0 atom stereocenters. The zero-order valence-electron chi connectivity index (χ0n) is 7.84. The summed E-state index contributed by atoms with van der Waals surface area (Å²) in [7, 11) is 0. The third-order valence-electron chi connectivity index (χ3n) is 1.68. The first-order chi connectivity index (χ1) is 7.20. The van der Waals surface area contributed by atoms with E-state index >= 15 is 0 Å². The fraction of sp³-hybridized carbons (Fsp3) is 0.222. The lowest BCUT2D eigenvalue weighted by Crippen LogP contribution is -2.11. The maximum atomic E-state index is 10.7. The van der Waals surface area contributed by atoms with Gasteiger partial charge in [-0.15, -0.1) is 0 Å². The minimum atomic E-state index is -0.635. The first-order valence-electron chi connectivity index (χ1n) is 4.21. The highest BCUT2D eigenvalue weighted by atomic mass is 16.6. The van der Waals surface area contributed by atoms with E-state index in [1.807, 2.05) is 0 Å². The first kappa shape index (κ1) is 10.9. The fourth-order valence-corrected chi connectivity index (χ4v) is 1.09. The Morgan fingerprint density at radius 2 is 2.33 bits per heavy atom. The first-order valence-corrected chi connectivity index (χ1v) is 4.21. The van der Waals surface area contributed by atoms with Crippen molar-refractivity contribution in [3.05, 3.63) is 33.9 Å². The molecule has 0 unspecified atom stereocenters. The van der Waals surface area contributed by atoms with Gasteiger partial charge in [-0.05, 0) is 12.1 Å². The molecule has 6 nitrogen and oxygen atoms in total. The van der Waals surface area contributed by atoms with Gasteiger partial charge in [-0.25, -0.2) is 0 Å². The Morgan fingerprint density at radius 3 is 2.87 bits per heavy atom. The molecule has 0 heterocycles. The van der Waals surface area contributed by atoms with E-state index in [4.69, 9.17) is 15.7 Å². The van der Waals surface area contributed by atoms with Crippen molar-refractivity contribution < 1.29 is 9.66 Å². The summed E-state index contributed by atoms with van der Waals surface area (Å²) < 4.78 is 5.07. The van der Waals surface area contributed by atoms with Crippen molar-refractivity contribution in [3.63, 3.8) is 0 Å². The standard InChI is InChI=1S/C9H9N3O3/c10-4-5-15-8-3-1-2-7(6-11)9(8)12(13)14/h1-3H,4-5,10H2. The van der Waals surface area contributed by atoms with E-state index in [1.165, 1.54) is 18.2 Å². The molecule has 2 N–H and O–H groups in total. The molecular formula is C9H9N3O3. The quantitative estimate of drug-likeness (QED) is 0.581. The van der Waals surface area contributed by atoms with E-state index < -0.39 is 4.92 Å². The smallest absolute Gasteiger partial charge is 0.328 e. The molecule has 0 bridgehead atoms. The predicted octanol–water partition coefficient (Wildman–Crippen LogP) is 0.804. The molecule has 0 aliphatic carbocycles. The highest BCUT2D eigenvalue weighted by Gasteiger charge is 2.20. The lowest BCUT2D eigenvalue weighted by molar-refractivity contribution is -0.386. The Balaban J connectivity index is 3.15. The van der Waals surface area contributed by atoms with Crippen LogP contribution in [0.15, 0.2) is 18.2 Å². The van der Waals surface area contributed by atoms with Gasteiger partial charge in [-0.1, -0.05) is 6.07 Å². The van der Waals surface area contributed by atoms with Crippen LogP contribution < -0.4 is 10.5 Å². The van der Waals surface area contributed by atoms with Crippen molar-refractivity contribution in [2.75, 3.05) is 13.2 Å². The molecule has 0 fully saturated rings. The summed E-state index contributed by atoms with van der Waals surface area (Å²) in [5, 5.41) is 19.4. The molecule has 1 aromatic carbocycles. The van der Waals surface area contributed by atoms with E-state index in [-0.39, 0.29) is 30.2 Å². The topological polar surface area (TPSA) is 102 Å². The molecule has 15 heavy (non-hydrogen) atoms. The van der Waals surface area contributed by atoms with Gasteiger partial charge in [-0.2, -0.15) is 5.26 Å². The molecule has 0 aromatic heterocycles. The molecule has 0 spiro atoms. The van der Waals surface area contributed by atoms with E-state index in [0.717, 1.165) is 0 Å². The summed E-state index contributed by atoms with van der Waals surface area (Å²) in [4.78, 5) is 10.1. The third kappa shape index (κ3) is 2.42. The third-order valence-corrected chi connectivity index (χ3v) is 1.68. The van der Waals surface area contributed by atoms with Crippen LogP contribution in [0, 0.1) is 21.4 Å². The maximum Gasteiger partial charge on any atom is 0.328 e. The second-order valence-corrected chi connectivity index (χ2v) is 2.66. The van der Waals surface area contributed by atoms with Gasteiger partial charge in [0.2, 0.25) is 0 Å². The second kappa shape index (κ2) is 4.93. The minimum Gasteiger partial charge on any atom is -0.485 e. The normalized spacial score (nSPS) is 9.33. The Labute approximate surface area is 86.0 Å². The molecule has 0 amide bonds. The van der Waals surface area contributed by atoms with E-state index in [0.29, 0.717) is 0 Å². The van der Waals surface area contributed by atoms with Gasteiger partial charge in [0, 0.05) is 6.54 Å². The lowest BCUT2D eigenvalue weighted by Gasteiger charge is -2.05. The maximum absolute atomic E-state index is 10.7. The second-order valence-electron chi connectivity index (χ2n) is 2.66. The molecule has 0 saturated heterocycles. The van der Waals surface area contributed by atoms with Crippen molar-refractivity contribution >= 4 is 5.69 Å². The highest BCUT2D eigenvalue weighted by Crippen LogP contribution is 2.29. The van der Waals surface area contributed by atoms with Crippen molar-refractivity contribution in [2.24, 2.45) is 5.73 Å². The van der Waals surface area contributed by atoms with Gasteiger partial charge in [0.15, 0.2) is 5.75 Å². The van der Waals surface area contributed by atoms with Gasteiger partial charge < -0.3 is 10.5 Å². The van der Waals surface area contributed by atoms with Crippen LogP contribution in [0.2, 0.25) is 0 Å². The van der Waals surface area contributed by atoms with Crippen LogP contribution >= 0.6 is 0 Å².